The summed E-state index contributed by atoms with van der Waals surface area (Å²) in [7, 11) is 0. The van der Waals surface area contributed by atoms with Crippen LogP contribution in [0.5, 0.6) is 0 Å². The maximum atomic E-state index is 11.4. The van der Waals surface area contributed by atoms with Gasteiger partial charge in [-0.25, -0.2) is 0 Å². The summed E-state index contributed by atoms with van der Waals surface area (Å²) in [6.45, 7) is 1.21. The summed E-state index contributed by atoms with van der Waals surface area (Å²) in [6.07, 6.45) is 2.05. The third-order valence-corrected chi connectivity index (χ3v) is 2.75. The first-order valence-corrected chi connectivity index (χ1v) is 5.90. The average molecular weight is 247 g/mol. The number of anilines is 1. The normalized spacial score (nSPS) is 14.7. The second kappa shape index (κ2) is 4.55. The Morgan fingerprint density at radius 1 is 1.39 bits per heavy atom. The number of carbonyl (C=O) groups excluding carboxylic acids is 1. The van der Waals surface area contributed by atoms with E-state index >= 15 is 0 Å². The number of nitrogens with zero attached hydrogens (tertiary/aromatic N) is 5. The van der Waals surface area contributed by atoms with Crippen LogP contribution in [0.2, 0.25) is 0 Å². The Morgan fingerprint density at radius 3 is 3.11 bits per heavy atom. The Balaban J connectivity index is 1.48. The van der Waals surface area contributed by atoms with Gasteiger partial charge in [-0.1, -0.05) is 0 Å². The molecule has 0 spiro atoms. The molecule has 1 saturated carbocycles. The van der Waals surface area contributed by atoms with Crippen LogP contribution in [0.1, 0.15) is 12.8 Å². The molecule has 8 heteroatoms. The molecule has 0 aliphatic heterocycles. The standard InChI is InChI=1S/C10H13N7O/c18-10(7-1-2-7)12-6-5-11-8-3-4-9-13-15-16-17(9)14-8/h3-4,7H,1-2,5-6H2,(H,11,14)(H,12,18). The summed E-state index contributed by atoms with van der Waals surface area (Å²) in [5.41, 5.74) is 0.600. The van der Waals surface area contributed by atoms with Gasteiger partial charge in [0.05, 0.1) is 0 Å². The average Bonchev–Trinajstić information content (AvgIpc) is 3.13. The molecule has 1 aliphatic rings. The molecule has 1 aliphatic carbocycles. The van der Waals surface area contributed by atoms with Crippen molar-refractivity contribution in [2.75, 3.05) is 18.4 Å². The summed E-state index contributed by atoms with van der Waals surface area (Å²) >= 11 is 0. The Kier molecular flexibility index (Phi) is 2.75. The third kappa shape index (κ3) is 2.36. The molecule has 0 atom stereocenters. The van der Waals surface area contributed by atoms with E-state index in [-0.39, 0.29) is 11.8 Å². The molecule has 8 nitrogen and oxygen atoms in total. The van der Waals surface area contributed by atoms with Crippen LogP contribution in [-0.4, -0.2) is 44.3 Å². The minimum atomic E-state index is 0.153. The Morgan fingerprint density at radius 2 is 2.28 bits per heavy atom. The van der Waals surface area contributed by atoms with Gasteiger partial charge in [0.15, 0.2) is 5.65 Å². The van der Waals surface area contributed by atoms with Gasteiger partial charge in [0.1, 0.15) is 5.82 Å². The lowest BCUT2D eigenvalue weighted by Crippen LogP contribution is -2.30. The molecule has 94 valence electrons. The van der Waals surface area contributed by atoms with Crippen LogP contribution in [0.3, 0.4) is 0 Å². The van der Waals surface area contributed by atoms with E-state index in [0.717, 1.165) is 12.8 Å². The van der Waals surface area contributed by atoms with Crippen LogP contribution in [-0.2, 0) is 4.79 Å². The van der Waals surface area contributed by atoms with E-state index in [0.29, 0.717) is 24.6 Å². The first kappa shape index (κ1) is 10.9. The molecule has 3 rings (SSSR count). The minimum absolute atomic E-state index is 0.153. The smallest absolute Gasteiger partial charge is 0.223 e. The van der Waals surface area contributed by atoms with Crippen LogP contribution < -0.4 is 10.6 Å². The van der Waals surface area contributed by atoms with E-state index in [1.54, 1.807) is 12.1 Å². The van der Waals surface area contributed by atoms with E-state index < -0.39 is 0 Å². The largest absolute Gasteiger partial charge is 0.367 e. The summed E-state index contributed by atoms with van der Waals surface area (Å²) in [4.78, 5) is 11.4. The lowest BCUT2D eigenvalue weighted by molar-refractivity contribution is -0.122. The number of carbonyl (C=O) groups is 1. The van der Waals surface area contributed by atoms with Crippen molar-refractivity contribution in [1.29, 1.82) is 0 Å². The van der Waals surface area contributed by atoms with Crippen molar-refractivity contribution in [3.63, 3.8) is 0 Å². The number of rotatable bonds is 5. The summed E-state index contributed by atoms with van der Waals surface area (Å²) in [6, 6.07) is 3.58. The van der Waals surface area contributed by atoms with Crippen molar-refractivity contribution in [3.8, 4) is 0 Å². The summed E-state index contributed by atoms with van der Waals surface area (Å²) in [5.74, 6) is 1.08. The van der Waals surface area contributed by atoms with Gasteiger partial charge in [-0.2, -0.15) is 0 Å². The highest BCUT2D eigenvalue weighted by Gasteiger charge is 2.28. The lowest BCUT2D eigenvalue weighted by atomic mass is 10.4. The highest BCUT2D eigenvalue weighted by molar-refractivity contribution is 5.80. The van der Waals surface area contributed by atoms with Crippen LogP contribution in [0.25, 0.3) is 5.65 Å². The van der Waals surface area contributed by atoms with Crippen molar-refractivity contribution in [3.05, 3.63) is 12.1 Å². The number of tetrazole rings is 1. The quantitative estimate of drug-likeness (QED) is 0.688. The van der Waals surface area contributed by atoms with Crippen molar-refractivity contribution in [2.45, 2.75) is 12.8 Å². The van der Waals surface area contributed by atoms with E-state index in [2.05, 4.69) is 31.3 Å². The van der Waals surface area contributed by atoms with Crippen molar-refractivity contribution < 1.29 is 4.79 Å². The maximum absolute atomic E-state index is 11.4. The van der Waals surface area contributed by atoms with Gasteiger partial charge in [0.25, 0.3) is 0 Å². The van der Waals surface area contributed by atoms with Gasteiger partial charge in [-0.05, 0) is 35.4 Å². The Bertz CT molecular complexity index is 562. The lowest BCUT2D eigenvalue weighted by Gasteiger charge is -2.06. The molecule has 0 bridgehead atoms. The molecule has 0 unspecified atom stereocenters. The molecular formula is C10H13N7O. The van der Waals surface area contributed by atoms with Crippen LogP contribution in [0.15, 0.2) is 12.1 Å². The molecule has 0 saturated heterocycles. The molecule has 2 aromatic rings. The second-order valence-corrected chi connectivity index (χ2v) is 4.24. The van der Waals surface area contributed by atoms with E-state index in [1.165, 1.54) is 4.63 Å². The van der Waals surface area contributed by atoms with Crippen LogP contribution in [0.4, 0.5) is 5.82 Å². The number of hydrogen-bond donors (Lipinski definition) is 2. The second-order valence-electron chi connectivity index (χ2n) is 4.24. The minimum Gasteiger partial charge on any atom is -0.367 e. The van der Waals surface area contributed by atoms with E-state index in [4.69, 9.17) is 0 Å². The van der Waals surface area contributed by atoms with Gasteiger partial charge in [0.2, 0.25) is 5.91 Å². The number of amides is 1. The molecule has 2 heterocycles. The van der Waals surface area contributed by atoms with E-state index in [1.807, 2.05) is 0 Å². The number of nitrogens with one attached hydrogen (secondary N) is 2. The zero-order valence-corrected chi connectivity index (χ0v) is 9.70. The number of hydrogen-bond acceptors (Lipinski definition) is 6. The van der Waals surface area contributed by atoms with Crippen LogP contribution >= 0.6 is 0 Å². The van der Waals surface area contributed by atoms with Crippen molar-refractivity contribution in [1.82, 2.24) is 30.6 Å². The number of aromatic nitrogens is 5. The molecule has 2 N–H and O–H groups in total. The first-order chi connectivity index (χ1) is 8.83. The molecule has 1 fully saturated rings. The third-order valence-electron chi connectivity index (χ3n) is 2.75. The highest BCUT2D eigenvalue weighted by atomic mass is 16.2. The fraction of sp³-hybridized carbons (Fsp3) is 0.500. The zero-order valence-electron chi connectivity index (χ0n) is 9.70. The van der Waals surface area contributed by atoms with Gasteiger partial charge < -0.3 is 10.6 Å². The number of fused-ring (bicyclic) bond motifs is 1. The van der Waals surface area contributed by atoms with Gasteiger partial charge in [0, 0.05) is 19.0 Å². The van der Waals surface area contributed by atoms with Crippen LogP contribution in [0, 0.1) is 5.92 Å². The fourth-order valence-corrected chi connectivity index (χ4v) is 1.61. The summed E-state index contributed by atoms with van der Waals surface area (Å²) in [5, 5.41) is 21.1. The molecular weight excluding hydrogens is 234 g/mol. The monoisotopic (exact) mass is 247 g/mol. The Hall–Kier alpha value is -2.25. The van der Waals surface area contributed by atoms with E-state index in [9.17, 15) is 4.79 Å². The SMILES string of the molecule is O=C(NCCNc1ccc2nnnn2n1)C1CC1. The van der Waals surface area contributed by atoms with Gasteiger partial charge in [-0.15, -0.1) is 14.8 Å². The highest BCUT2D eigenvalue weighted by Crippen LogP contribution is 2.28. The Labute approximate surface area is 103 Å². The maximum Gasteiger partial charge on any atom is 0.223 e. The van der Waals surface area contributed by atoms with Gasteiger partial charge in [-0.3, -0.25) is 4.79 Å². The topological polar surface area (TPSA) is 97.1 Å². The fourth-order valence-electron chi connectivity index (χ4n) is 1.61. The molecule has 1 amide bonds. The molecule has 0 radical (unpaired) electrons. The molecule has 18 heavy (non-hydrogen) atoms. The predicted octanol–water partition coefficient (Wildman–Crippen LogP) is -0.543. The zero-order chi connectivity index (χ0) is 12.4. The predicted molar refractivity (Wildman–Crippen MR) is 62.8 cm³/mol. The molecule has 0 aromatic carbocycles. The first-order valence-electron chi connectivity index (χ1n) is 5.90. The summed E-state index contributed by atoms with van der Waals surface area (Å²) < 4.78 is 1.35. The van der Waals surface area contributed by atoms with Crippen molar-refractivity contribution >= 4 is 17.4 Å². The van der Waals surface area contributed by atoms with Crippen molar-refractivity contribution in [2.24, 2.45) is 5.92 Å². The molecule has 2 aromatic heterocycles. The van der Waals surface area contributed by atoms with Gasteiger partial charge >= 0.3 is 0 Å².